The molecule has 0 unspecified atom stereocenters. The maximum atomic E-state index is 11.9. The van der Waals surface area contributed by atoms with Gasteiger partial charge < -0.3 is 20.5 Å². The molecule has 1 rings (SSSR count). The van der Waals surface area contributed by atoms with Crippen LogP contribution in [0.3, 0.4) is 0 Å². The molecular weight excluding hydrogens is 284 g/mol. The number of likely N-dealkylation sites (tertiary alicyclic amines) is 1. The molecule has 0 aliphatic carbocycles. The van der Waals surface area contributed by atoms with Crippen LogP contribution in [-0.2, 0) is 19.1 Å². The number of nitrogens with two attached hydrogens (primary N) is 1. The molecule has 1 aliphatic heterocycles. The second-order valence-electron chi connectivity index (χ2n) is 4.64. The number of amides is 1. The number of carboxylic acid groups (broad SMARTS) is 1. The Bertz CT molecular complexity index is 369. The molecule has 1 amide bonds. The van der Waals surface area contributed by atoms with Gasteiger partial charge in [0.2, 0.25) is 5.91 Å². The number of nitrogens with zero attached hydrogens (tertiary/aromatic N) is 1. The van der Waals surface area contributed by atoms with E-state index in [1.807, 2.05) is 0 Å². The van der Waals surface area contributed by atoms with Crippen molar-refractivity contribution < 1.29 is 24.2 Å². The molecule has 20 heavy (non-hydrogen) atoms. The number of esters is 1. The molecule has 1 heterocycles. The lowest BCUT2D eigenvalue weighted by Crippen LogP contribution is -2.41. The fourth-order valence-corrected chi connectivity index (χ4v) is 2.84. The molecule has 1 saturated heterocycles. The number of carbonyl (C=O) groups excluding carboxylic acids is 2. The van der Waals surface area contributed by atoms with Crippen molar-refractivity contribution >= 4 is 29.6 Å². The normalized spacial score (nSPS) is 17.6. The van der Waals surface area contributed by atoms with Gasteiger partial charge in [-0.1, -0.05) is 0 Å². The number of carbonyl (C=O) groups is 3. The standard InChI is InChI=1S/C12H20N2O5S/c1-19-12(18)8-2-4-14(5-3-8)10(15)7-20-6-9(13)11(16)17/h8-9H,2-7,13H2,1H3,(H,16,17)/t9-/m0/s1. The number of aliphatic carboxylic acids is 1. The molecule has 1 aliphatic rings. The van der Waals surface area contributed by atoms with Crippen LogP contribution in [0.25, 0.3) is 0 Å². The van der Waals surface area contributed by atoms with Crippen molar-refractivity contribution in [1.29, 1.82) is 0 Å². The van der Waals surface area contributed by atoms with Crippen molar-refractivity contribution in [3.63, 3.8) is 0 Å². The van der Waals surface area contributed by atoms with E-state index in [1.54, 1.807) is 4.90 Å². The summed E-state index contributed by atoms with van der Waals surface area (Å²) in [5.74, 6) is -1.04. The van der Waals surface area contributed by atoms with Crippen LogP contribution in [-0.4, -0.2) is 65.6 Å². The van der Waals surface area contributed by atoms with E-state index in [2.05, 4.69) is 4.74 Å². The van der Waals surface area contributed by atoms with E-state index >= 15 is 0 Å². The van der Waals surface area contributed by atoms with E-state index in [0.717, 1.165) is 0 Å². The van der Waals surface area contributed by atoms with Crippen molar-refractivity contribution in [1.82, 2.24) is 4.90 Å². The molecule has 3 N–H and O–H groups in total. The largest absolute Gasteiger partial charge is 0.480 e. The van der Waals surface area contributed by atoms with Crippen LogP contribution in [0.2, 0.25) is 0 Å². The average molecular weight is 304 g/mol. The van der Waals surface area contributed by atoms with Gasteiger partial charge in [-0.3, -0.25) is 14.4 Å². The molecule has 7 nitrogen and oxygen atoms in total. The summed E-state index contributed by atoms with van der Waals surface area (Å²) in [5.41, 5.74) is 5.35. The van der Waals surface area contributed by atoms with Gasteiger partial charge in [0.25, 0.3) is 0 Å². The van der Waals surface area contributed by atoms with Crippen LogP contribution in [0.5, 0.6) is 0 Å². The fourth-order valence-electron chi connectivity index (χ4n) is 1.97. The summed E-state index contributed by atoms with van der Waals surface area (Å²) in [4.78, 5) is 35.5. The SMILES string of the molecule is COC(=O)C1CCN(C(=O)CSC[C@H](N)C(=O)O)CC1. The quantitative estimate of drug-likeness (QED) is 0.639. The maximum absolute atomic E-state index is 11.9. The number of methoxy groups -OCH3 is 1. The maximum Gasteiger partial charge on any atom is 0.321 e. The second-order valence-corrected chi connectivity index (χ2v) is 5.67. The van der Waals surface area contributed by atoms with Gasteiger partial charge in [-0.2, -0.15) is 0 Å². The third-order valence-corrected chi connectivity index (χ3v) is 4.27. The summed E-state index contributed by atoms with van der Waals surface area (Å²) in [6.45, 7) is 1.06. The van der Waals surface area contributed by atoms with Gasteiger partial charge in [-0.05, 0) is 12.8 Å². The van der Waals surface area contributed by atoms with Gasteiger partial charge >= 0.3 is 11.9 Å². The third kappa shape index (κ3) is 5.01. The second kappa shape index (κ2) is 8.11. The molecule has 0 bridgehead atoms. The molecule has 0 aromatic carbocycles. The number of hydrogen-bond acceptors (Lipinski definition) is 6. The van der Waals surface area contributed by atoms with Gasteiger partial charge in [-0.25, -0.2) is 0 Å². The highest BCUT2D eigenvalue weighted by Crippen LogP contribution is 2.19. The van der Waals surface area contributed by atoms with E-state index < -0.39 is 12.0 Å². The smallest absolute Gasteiger partial charge is 0.321 e. The zero-order valence-electron chi connectivity index (χ0n) is 11.4. The first-order valence-electron chi connectivity index (χ1n) is 6.37. The Hall–Kier alpha value is -1.28. The molecule has 1 fully saturated rings. The Morgan fingerprint density at radius 2 is 2.00 bits per heavy atom. The summed E-state index contributed by atoms with van der Waals surface area (Å²) < 4.78 is 4.68. The van der Waals surface area contributed by atoms with Gasteiger partial charge in [-0.15, -0.1) is 11.8 Å². The Balaban J connectivity index is 2.26. The number of carboxylic acids is 1. The van der Waals surface area contributed by atoms with E-state index in [1.165, 1.54) is 18.9 Å². The van der Waals surface area contributed by atoms with E-state index in [9.17, 15) is 14.4 Å². The summed E-state index contributed by atoms with van der Waals surface area (Å²) in [5, 5.41) is 8.62. The summed E-state index contributed by atoms with van der Waals surface area (Å²) in [6.07, 6.45) is 1.22. The van der Waals surface area contributed by atoms with E-state index in [0.29, 0.717) is 25.9 Å². The predicted octanol–water partition coefficient (Wildman–Crippen LogP) is -0.457. The minimum absolute atomic E-state index is 0.0455. The van der Waals surface area contributed by atoms with Gasteiger partial charge in [0.1, 0.15) is 6.04 Å². The first-order chi connectivity index (χ1) is 9.45. The fraction of sp³-hybridized carbons (Fsp3) is 0.750. The zero-order chi connectivity index (χ0) is 15.1. The number of hydrogen-bond donors (Lipinski definition) is 2. The molecule has 0 aromatic heterocycles. The van der Waals surface area contributed by atoms with Crippen LogP contribution >= 0.6 is 11.8 Å². The predicted molar refractivity (Wildman–Crippen MR) is 74.3 cm³/mol. The third-order valence-electron chi connectivity index (χ3n) is 3.22. The van der Waals surface area contributed by atoms with Crippen LogP contribution in [0.4, 0.5) is 0 Å². The van der Waals surface area contributed by atoms with E-state index in [-0.39, 0.29) is 29.3 Å². The first-order valence-corrected chi connectivity index (χ1v) is 7.53. The topological polar surface area (TPSA) is 110 Å². The van der Waals surface area contributed by atoms with Crippen molar-refractivity contribution in [2.75, 3.05) is 31.7 Å². The molecule has 8 heteroatoms. The molecule has 0 spiro atoms. The average Bonchev–Trinajstić information content (AvgIpc) is 2.46. The van der Waals surface area contributed by atoms with Crippen molar-refractivity contribution in [2.45, 2.75) is 18.9 Å². The Labute approximate surface area is 121 Å². The Morgan fingerprint density at radius 1 is 1.40 bits per heavy atom. The number of ether oxygens (including phenoxy) is 1. The molecule has 1 atom stereocenters. The summed E-state index contributed by atoms with van der Waals surface area (Å²) >= 11 is 1.21. The van der Waals surface area contributed by atoms with Crippen LogP contribution in [0.1, 0.15) is 12.8 Å². The number of rotatable bonds is 6. The minimum Gasteiger partial charge on any atom is -0.480 e. The summed E-state index contributed by atoms with van der Waals surface area (Å²) in [6, 6.07) is -0.946. The minimum atomic E-state index is -1.07. The lowest BCUT2D eigenvalue weighted by Gasteiger charge is -2.30. The molecule has 114 valence electrons. The van der Waals surface area contributed by atoms with Crippen LogP contribution < -0.4 is 5.73 Å². The van der Waals surface area contributed by atoms with Crippen molar-refractivity contribution in [3.05, 3.63) is 0 Å². The first kappa shape index (κ1) is 16.8. The molecule has 0 saturated carbocycles. The van der Waals surface area contributed by atoms with Gasteiger partial charge in [0.05, 0.1) is 18.8 Å². The number of piperidine rings is 1. The van der Waals surface area contributed by atoms with Gasteiger partial charge in [0.15, 0.2) is 0 Å². The van der Waals surface area contributed by atoms with E-state index in [4.69, 9.17) is 10.8 Å². The Morgan fingerprint density at radius 3 is 2.50 bits per heavy atom. The highest BCUT2D eigenvalue weighted by Gasteiger charge is 2.27. The van der Waals surface area contributed by atoms with Crippen molar-refractivity contribution in [3.8, 4) is 0 Å². The van der Waals surface area contributed by atoms with Crippen LogP contribution in [0, 0.1) is 5.92 Å². The van der Waals surface area contributed by atoms with Crippen molar-refractivity contribution in [2.24, 2.45) is 11.7 Å². The highest BCUT2D eigenvalue weighted by atomic mass is 32.2. The Kier molecular flexibility index (Phi) is 6.80. The van der Waals surface area contributed by atoms with Gasteiger partial charge in [0, 0.05) is 18.8 Å². The summed E-state index contributed by atoms with van der Waals surface area (Å²) in [7, 11) is 1.36. The molecule has 0 aromatic rings. The zero-order valence-corrected chi connectivity index (χ0v) is 12.2. The lowest BCUT2D eigenvalue weighted by atomic mass is 9.97. The monoisotopic (exact) mass is 304 g/mol. The number of thioether (sulfide) groups is 1. The molecule has 0 radical (unpaired) electrons. The lowest BCUT2D eigenvalue weighted by molar-refractivity contribution is -0.148. The molecular formula is C12H20N2O5S. The van der Waals surface area contributed by atoms with Crippen LogP contribution in [0.15, 0.2) is 0 Å². The highest BCUT2D eigenvalue weighted by molar-refractivity contribution is 8.00.